The molecule has 37 heavy (non-hydrogen) atoms. The minimum atomic E-state index is -4.55. The Morgan fingerprint density at radius 3 is 2.46 bits per heavy atom. The summed E-state index contributed by atoms with van der Waals surface area (Å²) in [6.07, 6.45) is -3.94. The first-order chi connectivity index (χ1) is 17.4. The molecular formula is C24H25F3N4O4S2. The van der Waals surface area contributed by atoms with E-state index in [2.05, 4.69) is 20.2 Å². The van der Waals surface area contributed by atoms with Gasteiger partial charge in [0.15, 0.2) is 0 Å². The number of sulfonamides is 1. The molecule has 1 aliphatic rings. The lowest BCUT2D eigenvalue weighted by atomic mass is 10.1. The van der Waals surface area contributed by atoms with Gasteiger partial charge in [-0.3, -0.25) is 9.52 Å². The average molecular weight is 555 g/mol. The van der Waals surface area contributed by atoms with Gasteiger partial charge in [-0.1, -0.05) is 37.3 Å². The molecule has 1 heterocycles. The summed E-state index contributed by atoms with van der Waals surface area (Å²) in [5.74, 6) is -0.585. The van der Waals surface area contributed by atoms with Crippen molar-refractivity contribution < 1.29 is 31.1 Å². The number of anilines is 1. The van der Waals surface area contributed by atoms with Crippen molar-refractivity contribution >= 4 is 32.4 Å². The SMILES string of the molecule is CCOc1cc(C(F)(F)F)ccc1C(=O)N[C@@H]1C[C@H]1c1ccc(S(=O)(=O)Nc2nnc(C(C)C)s2)cc1. The number of amides is 1. The van der Waals surface area contributed by atoms with Crippen LogP contribution in [0.4, 0.5) is 18.3 Å². The molecule has 0 saturated heterocycles. The van der Waals surface area contributed by atoms with Crippen LogP contribution in [0.25, 0.3) is 0 Å². The predicted molar refractivity (Wildman–Crippen MR) is 132 cm³/mol. The van der Waals surface area contributed by atoms with Gasteiger partial charge in [-0.2, -0.15) is 13.2 Å². The molecule has 0 spiro atoms. The van der Waals surface area contributed by atoms with Crippen molar-refractivity contribution in [2.24, 2.45) is 0 Å². The van der Waals surface area contributed by atoms with Crippen molar-refractivity contribution in [3.05, 3.63) is 64.2 Å². The number of carbonyl (C=O) groups is 1. The lowest BCUT2D eigenvalue weighted by Crippen LogP contribution is -2.27. The van der Waals surface area contributed by atoms with Crippen LogP contribution in [0.1, 0.15) is 65.5 Å². The molecule has 8 nitrogen and oxygen atoms in total. The van der Waals surface area contributed by atoms with Crippen LogP contribution < -0.4 is 14.8 Å². The monoisotopic (exact) mass is 554 g/mol. The van der Waals surface area contributed by atoms with Gasteiger partial charge >= 0.3 is 6.18 Å². The van der Waals surface area contributed by atoms with Crippen LogP contribution in [-0.2, 0) is 16.2 Å². The Morgan fingerprint density at radius 1 is 1.16 bits per heavy atom. The molecule has 2 atom stereocenters. The molecule has 2 aromatic carbocycles. The Morgan fingerprint density at radius 2 is 1.86 bits per heavy atom. The highest BCUT2D eigenvalue weighted by atomic mass is 32.2. The number of aromatic nitrogens is 2. The molecule has 4 rings (SSSR count). The van der Waals surface area contributed by atoms with Crippen molar-refractivity contribution in [2.75, 3.05) is 11.3 Å². The Bertz CT molecular complexity index is 1390. The molecule has 1 saturated carbocycles. The van der Waals surface area contributed by atoms with E-state index >= 15 is 0 Å². The lowest BCUT2D eigenvalue weighted by molar-refractivity contribution is -0.137. The number of alkyl halides is 3. The van der Waals surface area contributed by atoms with Crippen molar-refractivity contribution in [1.82, 2.24) is 15.5 Å². The Hall–Kier alpha value is -3.19. The van der Waals surface area contributed by atoms with E-state index in [0.717, 1.165) is 28.8 Å². The number of hydrogen-bond acceptors (Lipinski definition) is 7. The summed E-state index contributed by atoms with van der Waals surface area (Å²) < 4.78 is 72.2. The largest absolute Gasteiger partial charge is 0.493 e. The van der Waals surface area contributed by atoms with Gasteiger partial charge in [0.2, 0.25) is 5.13 Å². The maximum atomic E-state index is 13.0. The predicted octanol–water partition coefficient (Wildman–Crippen LogP) is 5.17. The molecule has 13 heteroatoms. The van der Waals surface area contributed by atoms with Crippen molar-refractivity contribution in [3.63, 3.8) is 0 Å². The number of halogens is 3. The van der Waals surface area contributed by atoms with Crippen LogP contribution in [0.3, 0.4) is 0 Å². The van der Waals surface area contributed by atoms with E-state index < -0.39 is 27.7 Å². The third-order valence-electron chi connectivity index (χ3n) is 5.74. The van der Waals surface area contributed by atoms with Gasteiger partial charge in [0, 0.05) is 17.9 Å². The summed E-state index contributed by atoms with van der Waals surface area (Å²) in [6.45, 7) is 5.60. The molecule has 1 aliphatic carbocycles. The highest BCUT2D eigenvalue weighted by Crippen LogP contribution is 2.42. The van der Waals surface area contributed by atoms with Crippen LogP contribution in [0.2, 0.25) is 0 Å². The number of benzene rings is 2. The maximum absolute atomic E-state index is 13.0. The fourth-order valence-corrected chi connectivity index (χ4v) is 5.68. The molecule has 0 unspecified atom stereocenters. The Balaban J connectivity index is 1.40. The third-order valence-corrected chi connectivity index (χ3v) is 8.36. The smallest absolute Gasteiger partial charge is 0.416 e. The van der Waals surface area contributed by atoms with E-state index in [0.29, 0.717) is 6.42 Å². The van der Waals surface area contributed by atoms with E-state index in [4.69, 9.17) is 4.74 Å². The summed E-state index contributed by atoms with van der Waals surface area (Å²) in [4.78, 5) is 12.8. The number of rotatable bonds is 9. The highest BCUT2D eigenvalue weighted by molar-refractivity contribution is 7.93. The zero-order valence-corrected chi connectivity index (χ0v) is 21.8. The molecule has 1 fully saturated rings. The summed E-state index contributed by atoms with van der Waals surface area (Å²) >= 11 is 1.17. The summed E-state index contributed by atoms with van der Waals surface area (Å²) in [6, 6.07) is 8.84. The number of hydrogen-bond donors (Lipinski definition) is 2. The molecule has 0 aliphatic heterocycles. The van der Waals surface area contributed by atoms with Gasteiger partial charge in [-0.05, 0) is 49.2 Å². The van der Waals surface area contributed by atoms with Crippen LogP contribution in [0.15, 0.2) is 47.4 Å². The molecule has 198 valence electrons. The van der Waals surface area contributed by atoms with Crippen LogP contribution in [-0.4, -0.2) is 37.2 Å². The first-order valence-electron chi connectivity index (χ1n) is 11.5. The van der Waals surface area contributed by atoms with E-state index in [1.54, 1.807) is 19.1 Å². The molecule has 3 aromatic rings. The maximum Gasteiger partial charge on any atom is 0.416 e. The topological polar surface area (TPSA) is 110 Å². The second-order valence-electron chi connectivity index (χ2n) is 8.84. The minimum absolute atomic E-state index is 0.0188. The molecule has 1 aromatic heterocycles. The van der Waals surface area contributed by atoms with Crippen molar-refractivity contribution in [2.45, 2.75) is 56.1 Å². The van der Waals surface area contributed by atoms with E-state index in [1.807, 2.05) is 13.8 Å². The molecule has 0 radical (unpaired) electrons. The quantitative estimate of drug-likeness (QED) is 0.378. The van der Waals surface area contributed by atoms with Crippen molar-refractivity contribution in [3.8, 4) is 5.75 Å². The van der Waals surface area contributed by atoms with Crippen LogP contribution in [0.5, 0.6) is 5.75 Å². The van der Waals surface area contributed by atoms with Crippen LogP contribution in [0, 0.1) is 0 Å². The molecule has 2 N–H and O–H groups in total. The lowest BCUT2D eigenvalue weighted by Gasteiger charge is -2.14. The number of nitrogens with zero attached hydrogens (tertiary/aromatic N) is 2. The molecular weight excluding hydrogens is 529 g/mol. The van der Waals surface area contributed by atoms with Gasteiger partial charge in [0.25, 0.3) is 15.9 Å². The summed E-state index contributed by atoms with van der Waals surface area (Å²) in [5.41, 5.74) is -0.0437. The average Bonchev–Trinajstić information content (AvgIpc) is 3.43. The Labute approximate surface area is 216 Å². The number of ether oxygens (including phenoxy) is 1. The standard InChI is InChI=1S/C24H25F3N4O4S2/c1-4-35-20-11-15(24(25,26)27)7-10-17(20)21(32)28-19-12-18(19)14-5-8-16(9-6-14)37(33,34)31-23-30-29-22(36-23)13(2)3/h5-11,13,18-19H,4,12H2,1-3H3,(H,28,32)(H,30,31)/t18-,19+/m0/s1. The zero-order chi connectivity index (χ0) is 27.0. The normalized spacial score (nSPS) is 17.5. The molecule has 0 bridgehead atoms. The fraction of sp³-hybridized carbons (Fsp3) is 0.375. The first kappa shape index (κ1) is 26.9. The van der Waals surface area contributed by atoms with Gasteiger partial charge < -0.3 is 10.1 Å². The zero-order valence-electron chi connectivity index (χ0n) is 20.2. The van der Waals surface area contributed by atoms with E-state index in [9.17, 15) is 26.4 Å². The third kappa shape index (κ3) is 6.21. The fourth-order valence-electron chi connectivity index (χ4n) is 3.71. The van der Waals surface area contributed by atoms with Gasteiger partial charge in [0.1, 0.15) is 10.8 Å². The summed E-state index contributed by atoms with van der Waals surface area (Å²) in [7, 11) is -3.85. The van der Waals surface area contributed by atoms with E-state index in [-0.39, 0.29) is 45.8 Å². The first-order valence-corrected chi connectivity index (χ1v) is 13.8. The van der Waals surface area contributed by atoms with Crippen molar-refractivity contribution in [1.29, 1.82) is 0 Å². The van der Waals surface area contributed by atoms with E-state index in [1.165, 1.54) is 23.5 Å². The summed E-state index contributed by atoms with van der Waals surface area (Å²) in [5, 5.41) is 11.6. The van der Waals surface area contributed by atoms with Crippen LogP contribution >= 0.6 is 11.3 Å². The number of carbonyl (C=O) groups excluding carboxylic acids is 1. The Kier molecular flexibility index (Phi) is 7.47. The van der Waals surface area contributed by atoms with Gasteiger partial charge in [0.05, 0.1) is 22.6 Å². The minimum Gasteiger partial charge on any atom is -0.493 e. The number of nitrogens with one attached hydrogen (secondary N) is 2. The van der Waals surface area contributed by atoms with Gasteiger partial charge in [-0.25, -0.2) is 8.42 Å². The highest BCUT2D eigenvalue weighted by Gasteiger charge is 2.40. The second kappa shape index (κ2) is 10.3. The second-order valence-corrected chi connectivity index (χ2v) is 11.5. The van der Waals surface area contributed by atoms with Gasteiger partial charge in [-0.15, -0.1) is 10.2 Å². The molecule has 1 amide bonds.